The Bertz CT molecular complexity index is 1150. The predicted octanol–water partition coefficient (Wildman–Crippen LogP) is 5.50. The molecule has 0 aliphatic carbocycles. The van der Waals surface area contributed by atoms with Crippen LogP contribution >= 0.6 is 22.6 Å². The molecule has 3 rings (SSSR count). The molecule has 1 unspecified atom stereocenters. The van der Waals surface area contributed by atoms with Crippen molar-refractivity contribution < 1.29 is 14.6 Å². The molecule has 6 nitrogen and oxygen atoms in total. The number of amides is 1. The standard InChI is InChI=1S/C28H36IN3O3/c1-18(2)35-25-12-11-21(16-23(25)29)26(34)30-22(13-14-33)15-19-7-9-20(10-8-19)24-17-32(6)27(31-24)28(3,4)5/h7-12,16-18,22,33H,13-15H2,1-6H3,(H,30,34). The number of carbonyl (C=O) groups excluding carboxylic acids is 1. The molecule has 1 aromatic heterocycles. The number of hydrogen-bond donors (Lipinski definition) is 2. The Balaban J connectivity index is 1.69. The van der Waals surface area contributed by atoms with E-state index in [4.69, 9.17) is 9.72 Å². The Morgan fingerprint density at radius 1 is 1.17 bits per heavy atom. The van der Waals surface area contributed by atoms with Gasteiger partial charge in [-0.3, -0.25) is 4.79 Å². The van der Waals surface area contributed by atoms with Gasteiger partial charge >= 0.3 is 0 Å². The number of aromatic nitrogens is 2. The van der Waals surface area contributed by atoms with E-state index in [0.717, 1.165) is 32.0 Å². The van der Waals surface area contributed by atoms with Gasteiger partial charge in [0.1, 0.15) is 11.6 Å². The van der Waals surface area contributed by atoms with Crippen LogP contribution in [0.4, 0.5) is 0 Å². The molecule has 35 heavy (non-hydrogen) atoms. The molecule has 0 aliphatic heterocycles. The number of benzene rings is 2. The van der Waals surface area contributed by atoms with Crippen LogP contribution in [-0.2, 0) is 18.9 Å². The third-order valence-electron chi connectivity index (χ3n) is 5.65. The van der Waals surface area contributed by atoms with Crippen molar-refractivity contribution in [2.45, 2.75) is 65.0 Å². The fraction of sp³-hybridized carbons (Fsp3) is 0.429. The Labute approximate surface area is 222 Å². The van der Waals surface area contributed by atoms with E-state index in [1.807, 2.05) is 33.0 Å². The minimum Gasteiger partial charge on any atom is -0.490 e. The van der Waals surface area contributed by atoms with Crippen LogP contribution in [0.3, 0.4) is 0 Å². The molecule has 0 saturated carbocycles. The molecule has 2 aromatic carbocycles. The van der Waals surface area contributed by atoms with Crippen molar-refractivity contribution in [1.82, 2.24) is 14.9 Å². The van der Waals surface area contributed by atoms with Gasteiger partial charge in [0.05, 0.1) is 15.4 Å². The molecule has 2 N–H and O–H groups in total. The summed E-state index contributed by atoms with van der Waals surface area (Å²) in [5.41, 5.74) is 3.65. The maximum Gasteiger partial charge on any atom is 0.251 e. The second-order valence-corrected chi connectivity index (χ2v) is 11.4. The molecular weight excluding hydrogens is 553 g/mol. The van der Waals surface area contributed by atoms with Crippen LogP contribution in [0, 0.1) is 3.57 Å². The highest BCUT2D eigenvalue weighted by molar-refractivity contribution is 14.1. The predicted molar refractivity (Wildman–Crippen MR) is 149 cm³/mol. The minimum absolute atomic E-state index is 0.00520. The molecule has 0 spiro atoms. The zero-order valence-electron chi connectivity index (χ0n) is 21.4. The van der Waals surface area contributed by atoms with E-state index >= 15 is 0 Å². The molecule has 0 saturated heterocycles. The summed E-state index contributed by atoms with van der Waals surface area (Å²) < 4.78 is 8.74. The smallest absolute Gasteiger partial charge is 0.251 e. The number of ether oxygens (including phenoxy) is 1. The number of rotatable bonds is 9. The molecule has 1 heterocycles. The topological polar surface area (TPSA) is 76.4 Å². The van der Waals surface area contributed by atoms with Gasteiger partial charge in [-0.25, -0.2) is 4.98 Å². The SMILES string of the molecule is CC(C)Oc1ccc(C(=O)NC(CCO)Cc2ccc(-c3cn(C)c(C(C)(C)C)n3)cc2)cc1I. The summed E-state index contributed by atoms with van der Waals surface area (Å²) in [5, 5.41) is 12.7. The van der Waals surface area contributed by atoms with Gasteiger partial charge in [-0.2, -0.15) is 0 Å². The zero-order valence-corrected chi connectivity index (χ0v) is 23.6. The highest BCUT2D eigenvalue weighted by atomic mass is 127. The summed E-state index contributed by atoms with van der Waals surface area (Å²) in [7, 11) is 2.03. The van der Waals surface area contributed by atoms with E-state index in [1.54, 1.807) is 6.07 Å². The summed E-state index contributed by atoms with van der Waals surface area (Å²) >= 11 is 2.19. The fourth-order valence-electron chi connectivity index (χ4n) is 4.04. The lowest BCUT2D eigenvalue weighted by molar-refractivity contribution is 0.0930. The summed E-state index contributed by atoms with van der Waals surface area (Å²) in [5.74, 6) is 1.66. The molecular formula is C28H36IN3O3. The van der Waals surface area contributed by atoms with Crippen LogP contribution in [0.25, 0.3) is 11.3 Å². The molecule has 0 radical (unpaired) electrons. The molecule has 3 aromatic rings. The van der Waals surface area contributed by atoms with Crippen molar-refractivity contribution >= 4 is 28.5 Å². The largest absolute Gasteiger partial charge is 0.490 e. The maximum atomic E-state index is 12.9. The first kappa shape index (κ1) is 27.2. The highest BCUT2D eigenvalue weighted by Gasteiger charge is 2.21. The van der Waals surface area contributed by atoms with Crippen LogP contribution in [0.1, 0.15) is 62.8 Å². The number of nitrogens with one attached hydrogen (secondary N) is 1. The van der Waals surface area contributed by atoms with Crippen LogP contribution in [0.15, 0.2) is 48.7 Å². The van der Waals surface area contributed by atoms with Crippen molar-refractivity contribution in [3.8, 4) is 17.0 Å². The summed E-state index contributed by atoms with van der Waals surface area (Å²) in [6.07, 6.45) is 3.24. The first-order valence-corrected chi connectivity index (χ1v) is 13.1. The molecule has 7 heteroatoms. The van der Waals surface area contributed by atoms with E-state index in [-0.39, 0.29) is 30.1 Å². The number of hydrogen-bond acceptors (Lipinski definition) is 4. The Hall–Kier alpha value is -2.39. The van der Waals surface area contributed by atoms with E-state index < -0.39 is 0 Å². The van der Waals surface area contributed by atoms with Gasteiger partial charge < -0.3 is 19.7 Å². The molecule has 0 bridgehead atoms. The van der Waals surface area contributed by atoms with E-state index in [2.05, 4.69) is 83.7 Å². The molecule has 188 valence electrons. The van der Waals surface area contributed by atoms with Gasteiger partial charge in [-0.1, -0.05) is 45.0 Å². The first-order valence-electron chi connectivity index (χ1n) is 12.0. The number of nitrogens with zero attached hydrogens (tertiary/aromatic N) is 2. The number of imidazole rings is 1. The Morgan fingerprint density at radius 2 is 1.86 bits per heavy atom. The Kier molecular flexibility index (Phi) is 8.99. The van der Waals surface area contributed by atoms with Crippen molar-refractivity contribution in [2.75, 3.05) is 6.61 Å². The van der Waals surface area contributed by atoms with Crippen molar-refractivity contribution in [3.63, 3.8) is 0 Å². The number of aliphatic hydroxyl groups excluding tert-OH is 1. The third kappa shape index (κ3) is 7.30. The lowest BCUT2D eigenvalue weighted by Crippen LogP contribution is -2.37. The summed E-state index contributed by atoms with van der Waals surface area (Å²) in [4.78, 5) is 17.7. The van der Waals surface area contributed by atoms with Gasteiger partial charge in [-0.05, 0) is 73.0 Å². The molecule has 1 amide bonds. The van der Waals surface area contributed by atoms with Gasteiger partial charge in [0.25, 0.3) is 5.91 Å². The lowest BCUT2D eigenvalue weighted by Gasteiger charge is -2.19. The van der Waals surface area contributed by atoms with Gasteiger partial charge in [0.2, 0.25) is 0 Å². The number of aliphatic hydroxyl groups is 1. The number of aryl methyl sites for hydroxylation is 1. The van der Waals surface area contributed by atoms with Crippen LogP contribution in [0.2, 0.25) is 0 Å². The average Bonchev–Trinajstić information content (AvgIpc) is 3.17. The molecule has 0 aliphatic rings. The third-order valence-corrected chi connectivity index (χ3v) is 6.49. The monoisotopic (exact) mass is 589 g/mol. The maximum absolute atomic E-state index is 12.9. The average molecular weight is 590 g/mol. The van der Waals surface area contributed by atoms with E-state index in [1.165, 1.54) is 0 Å². The minimum atomic E-state index is -0.176. The van der Waals surface area contributed by atoms with E-state index in [9.17, 15) is 9.90 Å². The van der Waals surface area contributed by atoms with Gasteiger partial charge in [-0.15, -0.1) is 0 Å². The van der Waals surface area contributed by atoms with Crippen molar-refractivity contribution in [2.24, 2.45) is 7.05 Å². The van der Waals surface area contributed by atoms with Gasteiger partial charge in [0, 0.05) is 42.4 Å². The normalized spacial score (nSPS) is 12.6. The number of halogens is 1. The first-order chi connectivity index (χ1) is 16.5. The van der Waals surface area contributed by atoms with Crippen molar-refractivity contribution in [1.29, 1.82) is 0 Å². The molecule has 1 atom stereocenters. The lowest BCUT2D eigenvalue weighted by atomic mass is 9.96. The Morgan fingerprint density at radius 3 is 2.40 bits per heavy atom. The van der Waals surface area contributed by atoms with Crippen LogP contribution < -0.4 is 10.1 Å². The van der Waals surface area contributed by atoms with Crippen LogP contribution in [0.5, 0.6) is 5.75 Å². The van der Waals surface area contributed by atoms with Crippen molar-refractivity contribution in [3.05, 3.63) is 69.2 Å². The second-order valence-electron chi connectivity index (χ2n) is 10.2. The summed E-state index contributed by atoms with van der Waals surface area (Å²) in [6.45, 7) is 10.4. The summed E-state index contributed by atoms with van der Waals surface area (Å²) in [6, 6.07) is 13.5. The van der Waals surface area contributed by atoms with Crippen LogP contribution in [-0.4, -0.2) is 39.3 Å². The second kappa shape index (κ2) is 11.6. The number of carbonyl (C=O) groups is 1. The fourth-order valence-corrected chi connectivity index (χ4v) is 4.68. The quantitative estimate of drug-likeness (QED) is 0.324. The van der Waals surface area contributed by atoms with E-state index in [0.29, 0.717) is 18.4 Å². The molecule has 0 fully saturated rings. The zero-order chi connectivity index (χ0) is 25.8. The van der Waals surface area contributed by atoms with Gasteiger partial charge in [0.15, 0.2) is 0 Å². The highest BCUT2D eigenvalue weighted by Crippen LogP contribution is 2.26.